The minimum Gasteiger partial charge on any atom is -0.370 e. The lowest BCUT2D eigenvalue weighted by atomic mass is 9.85. The fourth-order valence-corrected chi connectivity index (χ4v) is 2.10. The molecule has 1 aliphatic rings. The molecule has 1 saturated heterocycles. The molecule has 4 nitrogen and oxygen atoms in total. The zero-order valence-electron chi connectivity index (χ0n) is 11.5. The van der Waals surface area contributed by atoms with E-state index in [9.17, 15) is 0 Å². The molecule has 0 spiro atoms. The normalized spacial score (nSPS) is 16.6. The Balaban J connectivity index is 2.14. The Kier molecular flexibility index (Phi) is 3.55. The summed E-state index contributed by atoms with van der Waals surface area (Å²) in [6.07, 6.45) is 4.95. The van der Waals surface area contributed by atoms with E-state index >= 15 is 0 Å². The van der Waals surface area contributed by atoms with Crippen LogP contribution in [-0.4, -0.2) is 28.9 Å². The van der Waals surface area contributed by atoms with Gasteiger partial charge in [0.1, 0.15) is 0 Å². The lowest BCUT2D eigenvalue weighted by Gasteiger charge is -2.31. The third-order valence-corrected chi connectivity index (χ3v) is 3.30. The molecule has 1 fully saturated rings. The summed E-state index contributed by atoms with van der Waals surface area (Å²) >= 11 is 0. The fourth-order valence-electron chi connectivity index (χ4n) is 2.10. The van der Waals surface area contributed by atoms with Gasteiger partial charge in [0.15, 0.2) is 5.96 Å². The number of hydrogen-bond donors (Lipinski definition) is 1. The molecular weight excluding hydrogens is 224 g/mol. The lowest BCUT2D eigenvalue weighted by molar-refractivity contribution is 0.295. The topological polar surface area (TPSA) is 54.5 Å². The van der Waals surface area contributed by atoms with Gasteiger partial charge in [-0.3, -0.25) is 4.98 Å². The van der Waals surface area contributed by atoms with Crippen molar-refractivity contribution in [3.05, 3.63) is 29.6 Å². The molecule has 0 unspecified atom stereocenters. The predicted octanol–water partition coefficient (Wildman–Crippen LogP) is 1.90. The molecule has 98 valence electrons. The molecule has 0 bridgehead atoms. The second-order valence-corrected chi connectivity index (χ2v) is 5.80. The van der Waals surface area contributed by atoms with Crippen LogP contribution in [0.2, 0.25) is 0 Å². The van der Waals surface area contributed by atoms with E-state index in [4.69, 9.17) is 5.73 Å². The van der Waals surface area contributed by atoms with Crippen LogP contribution < -0.4 is 5.73 Å². The summed E-state index contributed by atoms with van der Waals surface area (Å²) in [5.74, 6) is 0.657. The van der Waals surface area contributed by atoms with Gasteiger partial charge in [-0.1, -0.05) is 20.8 Å². The van der Waals surface area contributed by atoms with Crippen molar-refractivity contribution in [1.29, 1.82) is 0 Å². The van der Waals surface area contributed by atoms with Crippen LogP contribution in [0.1, 0.15) is 38.3 Å². The highest BCUT2D eigenvalue weighted by Crippen LogP contribution is 2.25. The average Bonchev–Trinajstić information content (AvgIpc) is 2.23. The van der Waals surface area contributed by atoms with Gasteiger partial charge < -0.3 is 10.6 Å². The zero-order valence-corrected chi connectivity index (χ0v) is 11.5. The van der Waals surface area contributed by atoms with Gasteiger partial charge in [-0.15, -0.1) is 0 Å². The maximum atomic E-state index is 5.94. The summed E-state index contributed by atoms with van der Waals surface area (Å²) in [6.45, 7) is 9.29. The summed E-state index contributed by atoms with van der Waals surface area (Å²) in [5.41, 5.74) is 8.50. The van der Waals surface area contributed by atoms with Crippen LogP contribution in [-0.2, 0) is 12.0 Å². The summed E-state index contributed by atoms with van der Waals surface area (Å²) in [4.78, 5) is 10.8. The molecule has 1 aromatic heterocycles. The molecular formula is C14H22N4. The molecule has 4 heteroatoms. The number of aliphatic imine (C=N–C) groups is 1. The lowest BCUT2D eigenvalue weighted by Crippen LogP contribution is -2.46. The number of hydrogen-bond acceptors (Lipinski definition) is 2. The van der Waals surface area contributed by atoms with E-state index in [1.807, 2.05) is 12.4 Å². The Hall–Kier alpha value is -1.58. The summed E-state index contributed by atoms with van der Waals surface area (Å²) in [6, 6.07) is 2.07. The van der Waals surface area contributed by atoms with E-state index in [1.54, 1.807) is 0 Å². The van der Waals surface area contributed by atoms with Crippen LogP contribution in [0.4, 0.5) is 0 Å². The first-order chi connectivity index (χ1) is 8.48. The molecule has 2 N–H and O–H groups in total. The molecule has 0 amide bonds. The molecule has 1 aliphatic heterocycles. The first-order valence-corrected chi connectivity index (χ1v) is 6.47. The van der Waals surface area contributed by atoms with Gasteiger partial charge in [0.05, 0.1) is 6.54 Å². The van der Waals surface area contributed by atoms with Gasteiger partial charge in [-0.25, -0.2) is 4.99 Å². The van der Waals surface area contributed by atoms with Gasteiger partial charge in [0.25, 0.3) is 0 Å². The van der Waals surface area contributed by atoms with Gasteiger partial charge in [-0.2, -0.15) is 0 Å². The summed E-state index contributed by atoms with van der Waals surface area (Å²) in [7, 11) is 0. The molecule has 2 heterocycles. The minimum absolute atomic E-state index is 0.110. The highest BCUT2D eigenvalue weighted by atomic mass is 15.3. The van der Waals surface area contributed by atoms with Crippen molar-refractivity contribution >= 4 is 5.96 Å². The monoisotopic (exact) mass is 246 g/mol. The Morgan fingerprint density at radius 2 is 2.17 bits per heavy atom. The number of nitrogens with two attached hydrogens (primary N) is 1. The fraction of sp³-hybridized carbons (Fsp3) is 0.571. The number of pyridine rings is 1. The van der Waals surface area contributed by atoms with Crippen LogP contribution in [0, 0.1) is 0 Å². The molecule has 0 aliphatic carbocycles. The number of likely N-dealkylation sites (tertiary alicyclic amines) is 1. The predicted molar refractivity (Wildman–Crippen MR) is 74.5 cm³/mol. The van der Waals surface area contributed by atoms with Gasteiger partial charge in [-0.05, 0) is 29.0 Å². The number of rotatable bonds is 2. The second kappa shape index (κ2) is 4.96. The van der Waals surface area contributed by atoms with E-state index in [2.05, 4.69) is 41.7 Å². The van der Waals surface area contributed by atoms with Crippen molar-refractivity contribution in [3.8, 4) is 0 Å². The number of guanidine groups is 1. The first kappa shape index (κ1) is 12.9. The van der Waals surface area contributed by atoms with Crippen molar-refractivity contribution < 1.29 is 0 Å². The van der Waals surface area contributed by atoms with Crippen LogP contribution in [0.15, 0.2) is 23.5 Å². The molecule has 2 rings (SSSR count). The van der Waals surface area contributed by atoms with E-state index in [0.717, 1.165) is 18.7 Å². The molecule has 18 heavy (non-hydrogen) atoms. The highest BCUT2D eigenvalue weighted by Gasteiger charge is 2.18. The maximum absolute atomic E-state index is 5.94. The van der Waals surface area contributed by atoms with Crippen LogP contribution in [0.3, 0.4) is 0 Å². The number of nitrogens with zero attached hydrogens (tertiary/aromatic N) is 3. The van der Waals surface area contributed by atoms with Crippen LogP contribution in [0.25, 0.3) is 0 Å². The van der Waals surface area contributed by atoms with Gasteiger partial charge in [0, 0.05) is 25.5 Å². The Bertz CT molecular complexity index is 441. The average molecular weight is 246 g/mol. The largest absolute Gasteiger partial charge is 0.370 e. The van der Waals surface area contributed by atoms with Gasteiger partial charge in [0.2, 0.25) is 0 Å². The van der Waals surface area contributed by atoms with Gasteiger partial charge >= 0.3 is 0 Å². The van der Waals surface area contributed by atoms with E-state index in [1.165, 1.54) is 12.0 Å². The third-order valence-electron chi connectivity index (χ3n) is 3.30. The second-order valence-electron chi connectivity index (χ2n) is 5.80. The summed E-state index contributed by atoms with van der Waals surface area (Å²) in [5, 5.41) is 0. The molecule has 1 aromatic rings. The van der Waals surface area contributed by atoms with E-state index in [-0.39, 0.29) is 5.41 Å². The van der Waals surface area contributed by atoms with E-state index < -0.39 is 0 Å². The quantitative estimate of drug-likeness (QED) is 0.640. The van der Waals surface area contributed by atoms with E-state index in [0.29, 0.717) is 12.5 Å². The minimum atomic E-state index is 0.110. The Labute approximate surface area is 109 Å². The van der Waals surface area contributed by atoms with Crippen molar-refractivity contribution in [2.75, 3.05) is 13.1 Å². The number of aromatic nitrogens is 1. The zero-order chi connectivity index (χ0) is 13.2. The van der Waals surface area contributed by atoms with Crippen LogP contribution in [0.5, 0.6) is 0 Å². The van der Waals surface area contributed by atoms with Crippen molar-refractivity contribution in [1.82, 2.24) is 9.88 Å². The third kappa shape index (κ3) is 2.81. The summed E-state index contributed by atoms with van der Waals surface area (Å²) < 4.78 is 0. The molecule has 0 atom stereocenters. The van der Waals surface area contributed by atoms with Crippen molar-refractivity contribution in [2.24, 2.45) is 10.7 Å². The molecule has 0 saturated carbocycles. The van der Waals surface area contributed by atoms with Crippen LogP contribution >= 0.6 is 0 Å². The molecule has 0 radical (unpaired) electrons. The smallest absolute Gasteiger partial charge is 0.191 e. The van der Waals surface area contributed by atoms with Crippen molar-refractivity contribution in [2.45, 2.75) is 39.2 Å². The van der Waals surface area contributed by atoms with Crippen molar-refractivity contribution in [3.63, 3.8) is 0 Å². The highest BCUT2D eigenvalue weighted by molar-refractivity contribution is 5.78. The standard InChI is InChI=1S/C14H22N4/c1-14(2,3)12-5-6-16-9-11(12)10-17-13(15)18-7-4-8-18/h5-6,9H,4,7-8,10H2,1-3H3,(H2,15,17). The maximum Gasteiger partial charge on any atom is 0.191 e. The first-order valence-electron chi connectivity index (χ1n) is 6.47. The Morgan fingerprint density at radius 3 is 2.72 bits per heavy atom. The molecule has 0 aromatic carbocycles. The SMILES string of the molecule is CC(C)(C)c1ccncc1CN=C(N)N1CCC1. The Morgan fingerprint density at radius 1 is 1.44 bits per heavy atom.